The van der Waals surface area contributed by atoms with Crippen molar-refractivity contribution in [2.75, 3.05) is 23.7 Å². The zero-order chi connectivity index (χ0) is 15.1. The normalized spacial score (nSPS) is 11.2. The Hall–Kier alpha value is -1.32. The minimum absolute atomic E-state index is 0.335. The molecule has 4 nitrogen and oxygen atoms in total. The van der Waals surface area contributed by atoms with E-state index < -0.39 is 0 Å². The summed E-state index contributed by atoms with van der Waals surface area (Å²) >= 11 is 0. The fraction of sp³-hybridized carbons (Fsp3) is 0.750. The smallest absolute Gasteiger partial charge is 0.135 e. The Morgan fingerprint density at radius 1 is 0.950 bits per heavy atom. The lowest BCUT2D eigenvalue weighted by atomic mass is 10.0. The summed E-state index contributed by atoms with van der Waals surface area (Å²) in [6.07, 6.45) is 2.40. The van der Waals surface area contributed by atoms with Crippen molar-refractivity contribution >= 4 is 11.6 Å². The van der Waals surface area contributed by atoms with Crippen molar-refractivity contribution in [1.29, 1.82) is 0 Å². The van der Waals surface area contributed by atoms with Crippen molar-refractivity contribution in [3.8, 4) is 0 Å². The molecule has 0 fully saturated rings. The van der Waals surface area contributed by atoms with Gasteiger partial charge in [-0.25, -0.2) is 9.97 Å². The van der Waals surface area contributed by atoms with Crippen LogP contribution in [0.25, 0.3) is 0 Å². The predicted molar refractivity (Wildman–Crippen MR) is 87.6 cm³/mol. The zero-order valence-electron chi connectivity index (χ0n) is 13.9. The molecule has 0 saturated heterocycles. The van der Waals surface area contributed by atoms with Crippen molar-refractivity contribution in [3.63, 3.8) is 0 Å². The first-order valence-corrected chi connectivity index (χ1v) is 7.89. The van der Waals surface area contributed by atoms with E-state index >= 15 is 0 Å². The first-order chi connectivity index (χ1) is 9.53. The Bertz CT molecular complexity index is 411. The maximum Gasteiger partial charge on any atom is 0.135 e. The van der Waals surface area contributed by atoms with E-state index in [1.54, 1.807) is 0 Å². The first-order valence-electron chi connectivity index (χ1n) is 7.89. The van der Waals surface area contributed by atoms with E-state index in [-0.39, 0.29) is 0 Å². The van der Waals surface area contributed by atoms with Gasteiger partial charge >= 0.3 is 0 Å². The van der Waals surface area contributed by atoms with Gasteiger partial charge in [0, 0.05) is 24.6 Å². The lowest BCUT2D eigenvalue weighted by Gasteiger charge is -2.18. The van der Waals surface area contributed by atoms with Crippen LogP contribution in [0, 0.1) is 12.8 Å². The molecule has 0 saturated carbocycles. The van der Waals surface area contributed by atoms with Crippen LogP contribution in [-0.4, -0.2) is 23.1 Å². The van der Waals surface area contributed by atoms with Gasteiger partial charge in [0.2, 0.25) is 0 Å². The Morgan fingerprint density at radius 3 is 1.95 bits per heavy atom. The fourth-order valence-corrected chi connectivity index (χ4v) is 2.12. The van der Waals surface area contributed by atoms with Gasteiger partial charge in [0.15, 0.2) is 0 Å². The third-order valence-corrected chi connectivity index (χ3v) is 3.74. The number of nitrogens with zero attached hydrogens (tertiary/aromatic N) is 2. The van der Waals surface area contributed by atoms with E-state index in [4.69, 9.17) is 4.98 Å². The minimum atomic E-state index is 0.335. The van der Waals surface area contributed by atoms with Gasteiger partial charge in [-0.1, -0.05) is 40.5 Å². The van der Waals surface area contributed by atoms with Crippen molar-refractivity contribution < 1.29 is 0 Å². The summed E-state index contributed by atoms with van der Waals surface area (Å²) in [7, 11) is 0. The highest BCUT2D eigenvalue weighted by Crippen LogP contribution is 2.23. The van der Waals surface area contributed by atoms with Crippen molar-refractivity contribution in [2.24, 2.45) is 5.92 Å². The molecule has 0 spiro atoms. The van der Waals surface area contributed by atoms with Gasteiger partial charge in [-0.2, -0.15) is 0 Å². The van der Waals surface area contributed by atoms with Crippen LogP contribution in [0.15, 0.2) is 0 Å². The molecule has 20 heavy (non-hydrogen) atoms. The molecule has 1 aromatic rings. The molecule has 1 aromatic heterocycles. The van der Waals surface area contributed by atoms with Gasteiger partial charge < -0.3 is 10.6 Å². The summed E-state index contributed by atoms with van der Waals surface area (Å²) in [5, 5.41) is 6.85. The Kier molecular flexibility index (Phi) is 6.76. The van der Waals surface area contributed by atoms with E-state index in [0.29, 0.717) is 11.8 Å². The molecule has 0 aliphatic carbocycles. The van der Waals surface area contributed by atoms with Crippen LogP contribution < -0.4 is 10.6 Å². The van der Waals surface area contributed by atoms with Crippen LogP contribution in [0.3, 0.4) is 0 Å². The lowest BCUT2D eigenvalue weighted by Crippen LogP contribution is -2.17. The number of rotatable bonds is 8. The van der Waals surface area contributed by atoms with Gasteiger partial charge in [-0.05, 0) is 19.8 Å². The third kappa shape index (κ3) is 4.36. The van der Waals surface area contributed by atoms with E-state index in [1.807, 2.05) is 0 Å². The largest absolute Gasteiger partial charge is 0.370 e. The molecule has 0 radical (unpaired) electrons. The molecule has 4 heteroatoms. The Balaban J connectivity index is 2.97. The molecule has 114 valence electrons. The second kappa shape index (κ2) is 8.08. The monoisotopic (exact) mass is 278 g/mol. The van der Waals surface area contributed by atoms with Gasteiger partial charge in [0.1, 0.15) is 17.5 Å². The van der Waals surface area contributed by atoms with Crippen LogP contribution in [0.1, 0.15) is 64.8 Å². The molecular formula is C16H30N4. The van der Waals surface area contributed by atoms with E-state index in [0.717, 1.165) is 36.1 Å². The summed E-state index contributed by atoms with van der Waals surface area (Å²) in [6.45, 7) is 14.8. The topological polar surface area (TPSA) is 49.8 Å². The van der Waals surface area contributed by atoms with E-state index in [1.165, 1.54) is 12.8 Å². The quantitative estimate of drug-likeness (QED) is 0.748. The lowest BCUT2D eigenvalue weighted by molar-refractivity contribution is 0.518. The molecule has 1 rings (SSSR count). The first kappa shape index (κ1) is 16.7. The average molecular weight is 278 g/mol. The summed E-state index contributed by atoms with van der Waals surface area (Å²) in [6, 6.07) is 0. The Labute approximate surface area is 123 Å². The summed E-state index contributed by atoms with van der Waals surface area (Å²) in [5.74, 6) is 3.87. The van der Waals surface area contributed by atoms with Gasteiger partial charge in [0.25, 0.3) is 0 Å². The standard InChI is InChI=1S/C16H30N4/c1-7-13(8-2)10-18-16-12(6)15(17-9-3)19-14(20-16)11(4)5/h11,13H,7-10H2,1-6H3,(H2,17,18,19,20). The third-order valence-electron chi connectivity index (χ3n) is 3.74. The van der Waals surface area contributed by atoms with Crippen molar-refractivity contribution in [2.45, 2.75) is 60.3 Å². The highest BCUT2D eigenvalue weighted by atomic mass is 15.1. The van der Waals surface area contributed by atoms with Crippen molar-refractivity contribution in [3.05, 3.63) is 11.4 Å². The molecule has 0 bridgehead atoms. The zero-order valence-corrected chi connectivity index (χ0v) is 13.9. The number of nitrogens with one attached hydrogen (secondary N) is 2. The fourth-order valence-electron chi connectivity index (χ4n) is 2.12. The van der Waals surface area contributed by atoms with Crippen LogP contribution in [0.5, 0.6) is 0 Å². The van der Waals surface area contributed by atoms with Crippen LogP contribution in [-0.2, 0) is 0 Å². The number of hydrogen-bond acceptors (Lipinski definition) is 4. The molecular weight excluding hydrogens is 248 g/mol. The molecule has 2 N–H and O–H groups in total. The maximum absolute atomic E-state index is 4.69. The highest BCUT2D eigenvalue weighted by molar-refractivity contribution is 5.57. The van der Waals surface area contributed by atoms with Crippen molar-refractivity contribution in [1.82, 2.24) is 9.97 Å². The second-order valence-corrected chi connectivity index (χ2v) is 5.65. The van der Waals surface area contributed by atoms with Gasteiger partial charge in [-0.3, -0.25) is 0 Å². The molecule has 0 unspecified atom stereocenters. The number of aromatic nitrogens is 2. The molecule has 0 aromatic carbocycles. The van der Waals surface area contributed by atoms with Crippen LogP contribution in [0.4, 0.5) is 11.6 Å². The van der Waals surface area contributed by atoms with E-state index in [9.17, 15) is 0 Å². The van der Waals surface area contributed by atoms with Gasteiger partial charge in [-0.15, -0.1) is 0 Å². The maximum atomic E-state index is 4.69. The summed E-state index contributed by atoms with van der Waals surface area (Å²) in [4.78, 5) is 9.32. The minimum Gasteiger partial charge on any atom is -0.370 e. The van der Waals surface area contributed by atoms with Gasteiger partial charge in [0.05, 0.1) is 0 Å². The SMILES string of the molecule is CCNc1nc(C(C)C)nc(NCC(CC)CC)c1C. The summed E-state index contributed by atoms with van der Waals surface area (Å²) in [5.41, 5.74) is 1.11. The number of anilines is 2. The highest BCUT2D eigenvalue weighted by Gasteiger charge is 2.13. The number of hydrogen-bond donors (Lipinski definition) is 2. The second-order valence-electron chi connectivity index (χ2n) is 5.65. The summed E-state index contributed by atoms with van der Waals surface area (Å²) < 4.78 is 0. The predicted octanol–water partition coefficient (Wildman–Crippen LogP) is 4.19. The van der Waals surface area contributed by atoms with Crippen LogP contribution in [0.2, 0.25) is 0 Å². The molecule has 1 heterocycles. The molecule has 0 atom stereocenters. The molecule has 0 amide bonds. The van der Waals surface area contributed by atoms with E-state index in [2.05, 4.69) is 57.2 Å². The molecule has 0 aliphatic rings. The van der Waals surface area contributed by atoms with Crippen LogP contribution >= 0.6 is 0 Å². The molecule has 0 aliphatic heterocycles. The Morgan fingerprint density at radius 2 is 1.50 bits per heavy atom. The average Bonchev–Trinajstić information content (AvgIpc) is 2.43.